The molecule has 2 aromatic carbocycles. The Hall–Kier alpha value is -2.29. The number of amides is 1. The number of nitrogens with zero attached hydrogens (tertiary/aromatic N) is 1. The Bertz CT molecular complexity index is 987. The molecule has 2 heterocycles. The zero-order chi connectivity index (χ0) is 18.3. The van der Waals surface area contributed by atoms with Crippen LogP contribution in [0.4, 0.5) is 11.4 Å². The van der Waals surface area contributed by atoms with E-state index in [1.807, 2.05) is 36.4 Å². The number of fused-ring (bicyclic) bond motifs is 2. The van der Waals surface area contributed by atoms with Crippen LogP contribution in [0.5, 0.6) is 0 Å². The van der Waals surface area contributed by atoms with Crippen molar-refractivity contribution in [1.29, 1.82) is 0 Å². The number of aliphatic carboxylic acids is 1. The van der Waals surface area contributed by atoms with Crippen LogP contribution in [0, 0.1) is 0 Å². The van der Waals surface area contributed by atoms with Gasteiger partial charge < -0.3 is 10.4 Å². The molecule has 2 aromatic rings. The molecule has 0 unspecified atom stereocenters. The first kappa shape index (κ1) is 17.1. The minimum absolute atomic E-state index is 0.270. The van der Waals surface area contributed by atoms with Crippen molar-refractivity contribution in [3.8, 4) is 0 Å². The molecule has 0 aromatic heterocycles. The van der Waals surface area contributed by atoms with Crippen molar-refractivity contribution >= 4 is 69.4 Å². The third-order valence-electron chi connectivity index (χ3n) is 3.85. The van der Waals surface area contributed by atoms with Crippen LogP contribution in [0.15, 0.2) is 57.2 Å². The molecule has 130 valence electrons. The smallest absolute Gasteiger partial charge is 0.323 e. The van der Waals surface area contributed by atoms with Crippen LogP contribution in [0.2, 0.25) is 0 Å². The van der Waals surface area contributed by atoms with E-state index in [0.717, 1.165) is 43.4 Å². The summed E-state index contributed by atoms with van der Waals surface area (Å²) >= 11 is 7.92. The number of benzene rings is 2. The van der Waals surface area contributed by atoms with Crippen LogP contribution in [0.25, 0.3) is 6.08 Å². The van der Waals surface area contributed by atoms with Crippen molar-refractivity contribution in [2.75, 3.05) is 11.9 Å². The van der Waals surface area contributed by atoms with Gasteiger partial charge in [0.2, 0.25) is 0 Å². The molecule has 0 radical (unpaired) electrons. The fraction of sp³-hybridized carbons (Fsp3) is 0.0556. The van der Waals surface area contributed by atoms with E-state index in [1.165, 1.54) is 0 Å². The molecule has 0 bridgehead atoms. The molecular formula is C18H12N2O3S3. The SMILES string of the molecule is O=C(O)CN1C(=O)/C(=C/c2ccc3c(c2)Sc2ccccc2N3)SC1=S. The van der Waals surface area contributed by atoms with Crippen LogP contribution >= 0.6 is 35.7 Å². The van der Waals surface area contributed by atoms with Crippen molar-refractivity contribution in [3.05, 3.63) is 52.9 Å². The van der Waals surface area contributed by atoms with Crippen LogP contribution in [0.3, 0.4) is 0 Å². The van der Waals surface area contributed by atoms with Gasteiger partial charge in [0.15, 0.2) is 0 Å². The summed E-state index contributed by atoms with van der Waals surface area (Å²) in [5.74, 6) is -1.45. The highest BCUT2D eigenvalue weighted by Gasteiger charge is 2.33. The average molecular weight is 401 g/mol. The van der Waals surface area contributed by atoms with Crippen molar-refractivity contribution in [1.82, 2.24) is 4.90 Å². The number of carboxylic acids is 1. The van der Waals surface area contributed by atoms with Gasteiger partial charge in [0.05, 0.1) is 16.3 Å². The molecule has 2 aliphatic rings. The van der Waals surface area contributed by atoms with Crippen molar-refractivity contribution < 1.29 is 14.7 Å². The lowest BCUT2D eigenvalue weighted by Crippen LogP contribution is -2.33. The van der Waals surface area contributed by atoms with Gasteiger partial charge in [-0.1, -0.05) is 53.9 Å². The van der Waals surface area contributed by atoms with E-state index in [-0.39, 0.29) is 10.2 Å². The summed E-state index contributed by atoms with van der Waals surface area (Å²) in [7, 11) is 0. The molecule has 0 aliphatic carbocycles. The molecule has 26 heavy (non-hydrogen) atoms. The van der Waals surface area contributed by atoms with Crippen molar-refractivity contribution in [3.63, 3.8) is 0 Å². The highest BCUT2D eigenvalue weighted by Crippen LogP contribution is 2.44. The molecule has 0 atom stereocenters. The normalized spacial score (nSPS) is 17.1. The third kappa shape index (κ3) is 3.23. The number of rotatable bonds is 3. The van der Waals surface area contributed by atoms with E-state index in [4.69, 9.17) is 17.3 Å². The number of carbonyl (C=O) groups is 2. The minimum atomic E-state index is -1.09. The number of carboxylic acid groups (broad SMARTS) is 1. The van der Waals surface area contributed by atoms with Crippen molar-refractivity contribution in [2.24, 2.45) is 0 Å². The van der Waals surface area contributed by atoms with Gasteiger partial charge >= 0.3 is 5.97 Å². The van der Waals surface area contributed by atoms with Gasteiger partial charge in [-0.15, -0.1) is 0 Å². The van der Waals surface area contributed by atoms with E-state index in [2.05, 4.69) is 11.4 Å². The molecule has 8 heteroatoms. The molecule has 1 fully saturated rings. The maximum absolute atomic E-state index is 12.4. The summed E-state index contributed by atoms with van der Waals surface area (Å²) in [6.45, 7) is -0.414. The largest absolute Gasteiger partial charge is 0.480 e. The molecule has 2 N–H and O–H groups in total. The van der Waals surface area contributed by atoms with Gasteiger partial charge in [-0.2, -0.15) is 0 Å². The Morgan fingerprint density at radius 1 is 1.15 bits per heavy atom. The Morgan fingerprint density at radius 2 is 1.92 bits per heavy atom. The second-order valence-corrected chi connectivity index (χ2v) is 8.40. The van der Waals surface area contributed by atoms with Crippen LogP contribution < -0.4 is 5.32 Å². The number of nitrogens with one attached hydrogen (secondary N) is 1. The Kier molecular flexibility index (Phi) is 4.47. The summed E-state index contributed by atoms with van der Waals surface area (Å²) in [5, 5.41) is 12.3. The zero-order valence-corrected chi connectivity index (χ0v) is 15.7. The Balaban J connectivity index is 1.61. The van der Waals surface area contributed by atoms with E-state index in [1.54, 1.807) is 17.8 Å². The monoisotopic (exact) mass is 400 g/mol. The Labute approximate surface area is 163 Å². The second kappa shape index (κ2) is 6.79. The summed E-state index contributed by atoms with van der Waals surface area (Å²) in [6.07, 6.45) is 1.75. The molecule has 0 spiro atoms. The maximum atomic E-state index is 12.4. The minimum Gasteiger partial charge on any atom is -0.480 e. The summed E-state index contributed by atoms with van der Waals surface area (Å²) < 4.78 is 0.270. The topological polar surface area (TPSA) is 69.6 Å². The predicted molar refractivity (Wildman–Crippen MR) is 108 cm³/mol. The number of hydrogen-bond donors (Lipinski definition) is 2. The van der Waals surface area contributed by atoms with E-state index in [9.17, 15) is 9.59 Å². The van der Waals surface area contributed by atoms with Gasteiger partial charge in [0.25, 0.3) is 5.91 Å². The second-order valence-electron chi connectivity index (χ2n) is 5.64. The van der Waals surface area contributed by atoms with E-state index >= 15 is 0 Å². The first-order valence-electron chi connectivity index (χ1n) is 7.66. The van der Waals surface area contributed by atoms with Crippen LogP contribution in [-0.4, -0.2) is 32.7 Å². The lowest BCUT2D eigenvalue weighted by Gasteiger charge is -2.20. The fourth-order valence-corrected chi connectivity index (χ4v) is 4.95. The quantitative estimate of drug-likeness (QED) is 0.505. The highest BCUT2D eigenvalue weighted by atomic mass is 32.2. The number of carbonyl (C=O) groups excluding carboxylic acids is 1. The fourth-order valence-electron chi connectivity index (χ4n) is 2.66. The number of hydrogen-bond acceptors (Lipinski definition) is 6. The molecule has 4 rings (SSSR count). The third-order valence-corrected chi connectivity index (χ3v) is 6.36. The number of anilines is 2. The van der Waals surface area contributed by atoms with Gasteiger partial charge in [0.1, 0.15) is 10.9 Å². The molecule has 5 nitrogen and oxygen atoms in total. The molecule has 2 aliphatic heterocycles. The lowest BCUT2D eigenvalue weighted by molar-refractivity contribution is -0.140. The molecule has 0 saturated carbocycles. The van der Waals surface area contributed by atoms with Gasteiger partial charge in [-0.3, -0.25) is 14.5 Å². The average Bonchev–Trinajstić information content (AvgIpc) is 2.87. The number of para-hydroxylation sites is 1. The summed E-state index contributed by atoms with van der Waals surface area (Å²) in [5.41, 5.74) is 2.96. The molecule has 1 saturated heterocycles. The number of thioether (sulfide) groups is 1. The van der Waals surface area contributed by atoms with Crippen LogP contribution in [-0.2, 0) is 9.59 Å². The number of thiocarbonyl (C=S) groups is 1. The first-order chi connectivity index (χ1) is 12.5. The van der Waals surface area contributed by atoms with Crippen molar-refractivity contribution in [2.45, 2.75) is 9.79 Å². The van der Waals surface area contributed by atoms with Gasteiger partial charge in [0, 0.05) is 9.79 Å². The highest BCUT2D eigenvalue weighted by molar-refractivity contribution is 8.26. The predicted octanol–water partition coefficient (Wildman–Crippen LogP) is 4.18. The van der Waals surface area contributed by atoms with E-state index < -0.39 is 12.5 Å². The van der Waals surface area contributed by atoms with Gasteiger partial charge in [-0.05, 0) is 35.9 Å². The summed E-state index contributed by atoms with van der Waals surface area (Å²) in [6, 6.07) is 14.0. The zero-order valence-electron chi connectivity index (χ0n) is 13.3. The lowest BCUT2D eigenvalue weighted by atomic mass is 10.1. The maximum Gasteiger partial charge on any atom is 0.323 e. The van der Waals surface area contributed by atoms with Gasteiger partial charge in [-0.25, -0.2) is 0 Å². The Morgan fingerprint density at radius 3 is 2.73 bits per heavy atom. The molecular weight excluding hydrogens is 388 g/mol. The standard InChI is InChI=1S/C18H12N2O3S3/c21-16(22)9-20-17(23)15(26-18(20)24)8-10-5-6-12-14(7-10)25-13-4-2-1-3-11(13)19-12/h1-8,19H,9H2,(H,21,22)/b15-8-. The molecule has 1 amide bonds. The summed E-state index contributed by atoms with van der Waals surface area (Å²) in [4.78, 5) is 27.0. The van der Waals surface area contributed by atoms with Crippen LogP contribution in [0.1, 0.15) is 5.56 Å². The first-order valence-corrected chi connectivity index (χ1v) is 9.70. The van der Waals surface area contributed by atoms with E-state index in [0.29, 0.717) is 4.91 Å².